The average molecular weight is 446 g/mol. The van der Waals surface area contributed by atoms with E-state index in [2.05, 4.69) is 10.3 Å². The Balaban J connectivity index is 1.71. The van der Waals surface area contributed by atoms with Gasteiger partial charge in [0.15, 0.2) is 18.1 Å². The van der Waals surface area contributed by atoms with E-state index in [4.69, 9.17) is 15.2 Å². The van der Waals surface area contributed by atoms with Gasteiger partial charge in [0.25, 0.3) is 11.8 Å². The van der Waals surface area contributed by atoms with Crippen LogP contribution >= 0.6 is 0 Å². The summed E-state index contributed by atoms with van der Waals surface area (Å²) >= 11 is 0. The second-order valence-electron chi connectivity index (χ2n) is 8.00. The molecule has 5 rings (SSSR count). The van der Waals surface area contributed by atoms with Crippen LogP contribution in [0.5, 0.6) is 11.5 Å². The first-order valence-electron chi connectivity index (χ1n) is 10.4. The van der Waals surface area contributed by atoms with Crippen LogP contribution in [0.1, 0.15) is 24.0 Å². The normalized spacial score (nSPS) is 17.0. The third-order valence-corrected chi connectivity index (χ3v) is 6.01. The molecule has 3 heterocycles. The van der Waals surface area contributed by atoms with E-state index >= 15 is 0 Å². The molecule has 2 aliphatic rings. The van der Waals surface area contributed by atoms with Gasteiger partial charge in [-0.05, 0) is 35.4 Å². The number of methoxy groups -OCH3 is 1. The van der Waals surface area contributed by atoms with Crippen LogP contribution in [0.15, 0.2) is 53.9 Å². The van der Waals surface area contributed by atoms with Crippen molar-refractivity contribution < 1.29 is 23.9 Å². The molecular weight excluding hydrogens is 424 g/mol. The number of rotatable bonds is 5. The van der Waals surface area contributed by atoms with Gasteiger partial charge < -0.3 is 25.5 Å². The number of hydrogen-bond acceptors (Lipinski definition) is 6. The predicted octanol–water partition coefficient (Wildman–Crippen LogP) is 2.24. The van der Waals surface area contributed by atoms with E-state index in [9.17, 15) is 14.4 Å². The fourth-order valence-corrected chi connectivity index (χ4v) is 4.59. The van der Waals surface area contributed by atoms with Crippen LogP contribution < -0.4 is 20.5 Å². The van der Waals surface area contributed by atoms with Crippen molar-refractivity contribution in [3.8, 4) is 11.5 Å². The number of aromatic nitrogens is 1. The van der Waals surface area contributed by atoms with Crippen molar-refractivity contribution in [2.45, 2.75) is 12.8 Å². The SMILES string of the molecule is COc1ccc(C2C3=C(CN(C(C)=O)C3=O)Nc3cccc4[nH]cc2c34)cc1OCC(N)=O. The van der Waals surface area contributed by atoms with Crippen LogP contribution in [0.2, 0.25) is 0 Å². The van der Waals surface area contributed by atoms with Crippen molar-refractivity contribution in [1.82, 2.24) is 9.88 Å². The van der Waals surface area contributed by atoms with Crippen LogP contribution in [0.25, 0.3) is 10.9 Å². The second kappa shape index (κ2) is 7.70. The highest BCUT2D eigenvalue weighted by molar-refractivity contribution is 6.11. The van der Waals surface area contributed by atoms with Gasteiger partial charge in [-0.3, -0.25) is 19.3 Å². The highest BCUT2D eigenvalue weighted by Gasteiger charge is 2.41. The Labute approximate surface area is 189 Å². The number of primary amides is 1. The summed E-state index contributed by atoms with van der Waals surface area (Å²) in [6, 6.07) is 11.2. The number of amides is 3. The zero-order chi connectivity index (χ0) is 23.3. The van der Waals surface area contributed by atoms with Gasteiger partial charge in [-0.1, -0.05) is 12.1 Å². The van der Waals surface area contributed by atoms with Crippen LogP contribution in [0, 0.1) is 0 Å². The molecule has 0 bridgehead atoms. The number of nitrogens with zero attached hydrogens (tertiary/aromatic N) is 1. The molecule has 0 aliphatic carbocycles. The van der Waals surface area contributed by atoms with E-state index in [1.54, 1.807) is 12.1 Å². The van der Waals surface area contributed by atoms with Gasteiger partial charge in [-0.25, -0.2) is 0 Å². The number of nitrogens with one attached hydrogen (secondary N) is 2. The van der Waals surface area contributed by atoms with Crippen molar-refractivity contribution in [3.63, 3.8) is 0 Å². The Morgan fingerprint density at radius 3 is 2.76 bits per heavy atom. The number of benzene rings is 2. The summed E-state index contributed by atoms with van der Waals surface area (Å²) in [6.07, 6.45) is 1.88. The fourth-order valence-electron chi connectivity index (χ4n) is 4.59. The minimum Gasteiger partial charge on any atom is -0.493 e. The smallest absolute Gasteiger partial charge is 0.259 e. The highest BCUT2D eigenvalue weighted by Crippen LogP contribution is 2.46. The molecule has 168 valence electrons. The van der Waals surface area contributed by atoms with Gasteiger partial charge in [-0.2, -0.15) is 0 Å². The first kappa shape index (κ1) is 20.6. The minimum atomic E-state index is -0.615. The molecule has 9 heteroatoms. The lowest BCUT2D eigenvalue weighted by molar-refractivity contribution is -0.139. The summed E-state index contributed by atoms with van der Waals surface area (Å²) in [5.74, 6) is -0.987. The fraction of sp³-hybridized carbons (Fsp3) is 0.208. The monoisotopic (exact) mass is 446 g/mol. The summed E-state index contributed by atoms with van der Waals surface area (Å²) in [7, 11) is 1.50. The number of anilines is 1. The molecule has 1 atom stereocenters. The van der Waals surface area contributed by atoms with Crippen molar-refractivity contribution in [2.24, 2.45) is 5.73 Å². The second-order valence-corrected chi connectivity index (χ2v) is 8.00. The number of aromatic amines is 1. The van der Waals surface area contributed by atoms with E-state index in [-0.39, 0.29) is 25.0 Å². The molecule has 1 unspecified atom stereocenters. The highest BCUT2D eigenvalue weighted by atomic mass is 16.5. The van der Waals surface area contributed by atoms with E-state index in [1.807, 2.05) is 30.5 Å². The Bertz CT molecular complexity index is 1360. The molecule has 2 aliphatic heterocycles. The Hall–Kier alpha value is -4.27. The predicted molar refractivity (Wildman–Crippen MR) is 121 cm³/mol. The number of H-pyrrole nitrogens is 1. The van der Waals surface area contributed by atoms with Crippen molar-refractivity contribution in [1.29, 1.82) is 0 Å². The maximum absolute atomic E-state index is 13.4. The van der Waals surface area contributed by atoms with Crippen LogP contribution in [0.4, 0.5) is 5.69 Å². The van der Waals surface area contributed by atoms with Gasteiger partial charge >= 0.3 is 0 Å². The third-order valence-electron chi connectivity index (χ3n) is 6.01. The minimum absolute atomic E-state index is 0.172. The summed E-state index contributed by atoms with van der Waals surface area (Å²) in [5, 5.41) is 4.36. The quantitative estimate of drug-likeness (QED) is 0.552. The molecule has 4 N–H and O–H groups in total. The Morgan fingerprint density at radius 2 is 2.03 bits per heavy atom. The maximum atomic E-state index is 13.4. The number of carbonyl (C=O) groups is 3. The van der Waals surface area contributed by atoms with Gasteiger partial charge in [-0.15, -0.1) is 0 Å². The summed E-state index contributed by atoms with van der Waals surface area (Å²) < 4.78 is 11.0. The standard InChI is InChI=1S/C24H22N4O5/c1-12(29)28-10-17-23(24(28)31)21(14-9-26-15-4-3-5-16(27-17)22(14)15)13-6-7-18(32-2)19(8-13)33-11-20(25)30/h3-9,21,26-27H,10-11H2,1-2H3,(H2,25,30). The lowest BCUT2D eigenvalue weighted by atomic mass is 9.84. The molecule has 0 saturated carbocycles. The lowest BCUT2D eigenvalue weighted by Crippen LogP contribution is -2.33. The maximum Gasteiger partial charge on any atom is 0.259 e. The first-order chi connectivity index (χ1) is 15.9. The number of ether oxygens (including phenoxy) is 2. The number of nitrogens with two attached hydrogens (primary N) is 1. The van der Waals surface area contributed by atoms with Crippen LogP contribution in [-0.2, 0) is 14.4 Å². The molecule has 0 radical (unpaired) electrons. The Kier molecular flexibility index (Phi) is 4.81. The number of carbonyl (C=O) groups excluding carboxylic acids is 3. The number of imide groups is 1. The zero-order valence-corrected chi connectivity index (χ0v) is 18.1. The molecule has 3 amide bonds. The van der Waals surface area contributed by atoms with Gasteiger partial charge in [0.1, 0.15) is 0 Å². The number of hydrogen-bond donors (Lipinski definition) is 3. The van der Waals surface area contributed by atoms with E-state index in [0.717, 1.165) is 27.7 Å². The molecule has 9 nitrogen and oxygen atoms in total. The van der Waals surface area contributed by atoms with Crippen molar-refractivity contribution >= 4 is 34.3 Å². The van der Waals surface area contributed by atoms with Crippen LogP contribution in [-0.4, -0.2) is 47.9 Å². The molecule has 33 heavy (non-hydrogen) atoms. The molecule has 0 spiro atoms. The van der Waals surface area contributed by atoms with Gasteiger partial charge in [0.05, 0.1) is 19.2 Å². The van der Waals surface area contributed by atoms with E-state index < -0.39 is 11.8 Å². The van der Waals surface area contributed by atoms with Crippen LogP contribution in [0.3, 0.4) is 0 Å². The molecule has 3 aromatic rings. The average Bonchev–Trinajstić information content (AvgIpc) is 3.31. The third kappa shape index (κ3) is 3.29. The van der Waals surface area contributed by atoms with E-state index in [1.165, 1.54) is 18.9 Å². The first-order valence-corrected chi connectivity index (χ1v) is 10.4. The topological polar surface area (TPSA) is 127 Å². The summed E-state index contributed by atoms with van der Waals surface area (Å²) in [4.78, 5) is 41.4. The summed E-state index contributed by atoms with van der Waals surface area (Å²) in [6.45, 7) is 1.24. The molecular formula is C24H22N4O5. The van der Waals surface area contributed by atoms with Crippen molar-refractivity contribution in [3.05, 3.63) is 65.0 Å². The van der Waals surface area contributed by atoms with E-state index in [0.29, 0.717) is 22.8 Å². The largest absolute Gasteiger partial charge is 0.493 e. The van der Waals surface area contributed by atoms with Crippen molar-refractivity contribution in [2.75, 3.05) is 25.6 Å². The van der Waals surface area contributed by atoms with Gasteiger partial charge in [0.2, 0.25) is 5.91 Å². The Morgan fingerprint density at radius 1 is 1.21 bits per heavy atom. The molecule has 0 saturated heterocycles. The molecule has 2 aromatic carbocycles. The lowest BCUT2D eigenvalue weighted by Gasteiger charge is -2.21. The molecule has 0 fully saturated rings. The molecule has 1 aromatic heterocycles. The summed E-state index contributed by atoms with van der Waals surface area (Å²) in [5.41, 5.74) is 9.85. The van der Waals surface area contributed by atoms with Gasteiger partial charge in [0, 0.05) is 41.3 Å². The zero-order valence-electron chi connectivity index (χ0n) is 18.1.